The van der Waals surface area contributed by atoms with Crippen molar-refractivity contribution in [3.8, 4) is 0 Å². The molecule has 86 valence electrons. The van der Waals surface area contributed by atoms with Crippen molar-refractivity contribution in [2.24, 2.45) is 17.8 Å². The topological polar surface area (TPSA) is 49.3 Å². The fraction of sp³-hybridized carbons (Fsp3) is 0.917. The van der Waals surface area contributed by atoms with Crippen LogP contribution in [0.25, 0.3) is 0 Å². The minimum absolute atomic E-state index is 0.290. The third-order valence-electron chi connectivity index (χ3n) is 4.29. The Hall–Kier alpha value is -0.570. The van der Waals surface area contributed by atoms with Crippen LogP contribution in [0.15, 0.2) is 0 Å². The van der Waals surface area contributed by atoms with Crippen molar-refractivity contribution < 1.29 is 9.90 Å². The third-order valence-corrected chi connectivity index (χ3v) is 4.29. The highest BCUT2D eigenvalue weighted by Gasteiger charge is 2.36. The molecule has 1 aliphatic carbocycles. The lowest BCUT2D eigenvalue weighted by molar-refractivity contribution is -0.141. The van der Waals surface area contributed by atoms with E-state index < -0.39 is 5.97 Å². The zero-order chi connectivity index (χ0) is 10.8. The number of hydrogen-bond donors (Lipinski definition) is 2. The van der Waals surface area contributed by atoms with Gasteiger partial charge >= 0.3 is 5.97 Å². The Morgan fingerprint density at radius 1 is 1.33 bits per heavy atom. The van der Waals surface area contributed by atoms with Gasteiger partial charge in [0.05, 0.1) is 0 Å². The summed E-state index contributed by atoms with van der Waals surface area (Å²) in [6, 6.07) is -0.290. The van der Waals surface area contributed by atoms with Gasteiger partial charge in [-0.25, -0.2) is 0 Å². The Labute approximate surface area is 91.2 Å². The largest absolute Gasteiger partial charge is 0.480 e. The van der Waals surface area contributed by atoms with Crippen molar-refractivity contribution in [1.29, 1.82) is 0 Å². The van der Waals surface area contributed by atoms with Gasteiger partial charge in [0.25, 0.3) is 0 Å². The fourth-order valence-electron chi connectivity index (χ4n) is 3.22. The summed E-state index contributed by atoms with van der Waals surface area (Å²) in [4.78, 5) is 10.9. The number of aliphatic carboxylic acids is 1. The lowest BCUT2D eigenvalue weighted by Gasteiger charge is -2.41. The standard InChI is InChI=1S/C12H21NO2/c1-2-8-3-4-9-7-13-11(12(14)15)6-10(9)5-8/h8-11,13H,2-7H2,1H3,(H,14,15)/t8-,9-,10+,11-/m0/s1. The van der Waals surface area contributed by atoms with E-state index in [1.807, 2.05) is 0 Å². The van der Waals surface area contributed by atoms with Gasteiger partial charge in [0.1, 0.15) is 6.04 Å². The average Bonchev–Trinajstić information content (AvgIpc) is 2.27. The van der Waals surface area contributed by atoms with Gasteiger partial charge in [-0.15, -0.1) is 0 Å². The molecule has 0 radical (unpaired) electrons. The summed E-state index contributed by atoms with van der Waals surface area (Å²) in [5.41, 5.74) is 0. The highest BCUT2D eigenvalue weighted by atomic mass is 16.4. The summed E-state index contributed by atoms with van der Waals surface area (Å²) in [5.74, 6) is 1.57. The third kappa shape index (κ3) is 2.33. The fourth-order valence-corrected chi connectivity index (χ4v) is 3.22. The maximum atomic E-state index is 10.9. The monoisotopic (exact) mass is 211 g/mol. The average molecular weight is 211 g/mol. The molecule has 0 spiro atoms. The summed E-state index contributed by atoms with van der Waals surface area (Å²) in [6.07, 6.45) is 6.00. The molecular weight excluding hydrogens is 190 g/mol. The molecule has 2 fully saturated rings. The Morgan fingerprint density at radius 3 is 2.80 bits per heavy atom. The van der Waals surface area contributed by atoms with Gasteiger partial charge in [0, 0.05) is 0 Å². The van der Waals surface area contributed by atoms with E-state index >= 15 is 0 Å². The van der Waals surface area contributed by atoms with E-state index in [1.54, 1.807) is 0 Å². The summed E-state index contributed by atoms with van der Waals surface area (Å²) in [7, 11) is 0. The normalized spacial score (nSPS) is 40.9. The lowest BCUT2D eigenvalue weighted by atomic mass is 9.69. The molecule has 2 aliphatic rings. The van der Waals surface area contributed by atoms with Crippen LogP contribution in [0.3, 0.4) is 0 Å². The number of carboxylic acids is 1. The summed E-state index contributed by atoms with van der Waals surface area (Å²) in [6.45, 7) is 3.17. The quantitative estimate of drug-likeness (QED) is 0.733. The second-order valence-corrected chi connectivity index (χ2v) is 5.14. The van der Waals surface area contributed by atoms with Crippen molar-refractivity contribution >= 4 is 5.97 Å². The van der Waals surface area contributed by atoms with Crippen molar-refractivity contribution in [1.82, 2.24) is 5.32 Å². The molecule has 4 atom stereocenters. The van der Waals surface area contributed by atoms with E-state index in [-0.39, 0.29) is 6.04 Å². The molecule has 2 rings (SSSR count). The maximum absolute atomic E-state index is 10.9. The first-order valence-corrected chi connectivity index (χ1v) is 6.17. The molecule has 1 aliphatic heterocycles. The first-order chi connectivity index (χ1) is 7.20. The van der Waals surface area contributed by atoms with Crippen LogP contribution < -0.4 is 5.32 Å². The Balaban J connectivity index is 1.94. The van der Waals surface area contributed by atoms with E-state index in [0.29, 0.717) is 5.92 Å². The molecule has 15 heavy (non-hydrogen) atoms. The van der Waals surface area contributed by atoms with E-state index in [1.165, 1.54) is 25.7 Å². The lowest BCUT2D eigenvalue weighted by Crippen LogP contribution is -2.49. The number of hydrogen-bond acceptors (Lipinski definition) is 2. The predicted octanol–water partition coefficient (Wildman–Crippen LogP) is 1.88. The Bertz CT molecular complexity index is 242. The maximum Gasteiger partial charge on any atom is 0.320 e. The van der Waals surface area contributed by atoms with E-state index in [2.05, 4.69) is 12.2 Å². The van der Waals surface area contributed by atoms with Gasteiger partial charge in [-0.1, -0.05) is 19.8 Å². The molecule has 0 aromatic carbocycles. The molecule has 3 heteroatoms. The molecule has 1 saturated carbocycles. The highest BCUT2D eigenvalue weighted by Crippen LogP contribution is 2.39. The minimum Gasteiger partial charge on any atom is -0.480 e. The molecule has 0 aromatic rings. The van der Waals surface area contributed by atoms with Gasteiger partial charge in [-0.05, 0) is 43.6 Å². The number of carbonyl (C=O) groups is 1. The van der Waals surface area contributed by atoms with Crippen LogP contribution in [0.5, 0.6) is 0 Å². The number of piperidine rings is 1. The first-order valence-electron chi connectivity index (χ1n) is 6.17. The highest BCUT2D eigenvalue weighted by molar-refractivity contribution is 5.73. The SMILES string of the molecule is CC[C@H]1CC[C@H]2CN[C@H](C(=O)O)C[C@H]2C1. The van der Waals surface area contributed by atoms with Gasteiger partial charge in [0.15, 0.2) is 0 Å². The molecule has 2 N–H and O–H groups in total. The molecular formula is C12H21NO2. The molecule has 1 heterocycles. The van der Waals surface area contributed by atoms with Crippen molar-refractivity contribution in [2.45, 2.75) is 45.1 Å². The first kappa shape index (κ1) is 10.9. The van der Waals surface area contributed by atoms with Crippen LogP contribution in [0, 0.1) is 17.8 Å². The van der Waals surface area contributed by atoms with Crippen LogP contribution in [0.2, 0.25) is 0 Å². The number of nitrogens with one attached hydrogen (secondary N) is 1. The summed E-state index contributed by atoms with van der Waals surface area (Å²) in [5, 5.41) is 12.1. The molecule has 1 saturated heterocycles. The molecule has 0 aromatic heterocycles. The summed E-state index contributed by atoms with van der Waals surface area (Å²) >= 11 is 0. The second-order valence-electron chi connectivity index (χ2n) is 5.14. The van der Waals surface area contributed by atoms with Crippen LogP contribution in [0.1, 0.15) is 39.0 Å². The zero-order valence-corrected chi connectivity index (χ0v) is 9.41. The van der Waals surface area contributed by atoms with Gasteiger partial charge in [-0.2, -0.15) is 0 Å². The van der Waals surface area contributed by atoms with E-state index in [9.17, 15) is 4.79 Å². The molecule has 0 bridgehead atoms. The van der Waals surface area contributed by atoms with Crippen LogP contribution in [-0.2, 0) is 4.79 Å². The summed E-state index contributed by atoms with van der Waals surface area (Å²) < 4.78 is 0. The van der Waals surface area contributed by atoms with E-state index in [0.717, 1.165) is 24.8 Å². The number of rotatable bonds is 2. The Kier molecular flexibility index (Phi) is 3.29. The van der Waals surface area contributed by atoms with Crippen molar-refractivity contribution in [2.75, 3.05) is 6.54 Å². The van der Waals surface area contributed by atoms with Gasteiger partial charge < -0.3 is 10.4 Å². The zero-order valence-electron chi connectivity index (χ0n) is 9.41. The Morgan fingerprint density at radius 2 is 2.13 bits per heavy atom. The van der Waals surface area contributed by atoms with Gasteiger partial charge in [0.2, 0.25) is 0 Å². The number of carboxylic acid groups (broad SMARTS) is 1. The smallest absolute Gasteiger partial charge is 0.320 e. The molecule has 0 amide bonds. The minimum atomic E-state index is -0.674. The van der Waals surface area contributed by atoms with Crippen LogP contribution in [0.4, 0.5) is 0 Å². The van der Waals surface area contributed by atoms with Crippen LogP contribution >= 0.6 is 0 Å². The molecule has 3 nitrogen and oxygen atoms in total. The second kappa shape index (κ2) is 4.52. The predicted molar refractivity (Wildman–Crippen MR) is 58.7 cm³/mol. The van der Waals surface area contributed by atoms with E-state index in [4.69, 9.17) is 5.11 Å². The number of fused-ring (bicyclic) bond motifs is 1. The van der Waals surface area contributed by atoms with Crippen molar-refractivity contribution in [3.05, 3.63) is 0 Å². The van der Waals surface area contributed by atoms with Crippen LogP contribution in [-0.4, -0.2) is 23.7 Å². The van der Waals surface area contributed by atoms with Gasteiger partial charge in [-0.3, -0.25) is 4.79 Å². The molecule has 0 unspecified atom stereocenters. The van der Waals surface area contributed by atoms with Crippen molar-refractivity contribution in [3.63, 3.8) is 0 Å².